The second-order valence-corrected chi connectivity index (χ2v) is 17.4. The first-order valence-electron chi connectivity index (χ1n) is 23.4. The van der Waals surface area contributed by atoms with Gasteiger partial charge in [-0.15, -0.1) is 0 Å². The molecular formula is C54H70O2. The molecule has 0 saturated heterocycles. The van der Waals surface area contributed by atoms with Gasteiger partial charge in [-0.05, 0) is 94.8 Å². The lowest BCUT2D eigenvalue weighted by molar-refractivity contribution is 0.544. The molecule has 2 nitrogen and oxygen atoms in total. The van der Waals surface area contributed by atoms with E-state index in [0.29, 0.717) is 0 Å². The van der Waals surface area contributed by atoms with Crippen LogP contribution >= 0.6 is 0 Å². The van der Waals surface area contributed by atoms with E-state index in [2.05, 4.69) is 86.6 Å². The Hall–Kier alpha value is -3.78. The van der Waals surface area contributed by atoms with E-state index in [1.807, 2.05) is 0 Å². The maximum Gasteiger partial charge on any atom is 0.136 e. The zero-order valence-corrected chi connectivity index (χ0v) is 35.1. The first-order chi connectivity index (χ1) is 27.7. The molecule has 2 heteroatoms. The monoisotopic (exact) mass is 751 g/mol. The lowest BCUT2D eigenvalue weighted by atomic mass is 9.99. The predicted octanol–water partition coefficient (Wildman–Crippen LogP) is 18.3. The van der Waals surface area contributed by atoms with Crippen LogP contribution < -0.4 is 0 Å². The molecule has 2 heterocycles. The molecule has 0 amide bonds. The van der Waals surface area contributed by atoms with Crippen molar-refractivity contribution in [2.75, 3.05) is 0 Å². The minimum absolute atomic E-state index is 0.931. The molecule has 0 spiro atoms. The summed E-state index contributed by atoms with van der Waals surface area (Å²) < 4.78 is 13.1. The summed E-state index contributed by atoms with van der Waals surface area (Å²) in [4.78, 5) is 0. The van der Waals surface area contributed by atoms with Crippen LogP contribution in [-0.4, -0.2) is 0 Å². The molecule has 0 N–H and O–H groups in total. The second kappa shape index (κ2) is 21.1. The molecule has 0 radical (unpaired) electrons. The van der Waals surface area contributed by atoms with Crippen molar-refractivity contribution in [3.63, 3.8) is 0 Å². The minimum Gasteiger partial charge on any atom is -0.456 e. The normalized spacial score (nSPS) is 12.2. The van der Waals surface area contributed by atoms with Crippen molar-refractivity contribution in [1.29, 1.82) is 0 Å². The molecule has 0 bridgehead atoms. The smallest absolute Gasteiger partial charge is 0.136 e. The highest BCUT2D eigenvalue weighted by Crippen LogP contribution is 2.39. The van der Waals surface area contributed by atoms with Gasteiger partial charge in [0.05, 0.1) is 0 Å². The number of furan rings is 2. The molecule has 0 saturated carbocycles. The van der Waals surface area contributed by atoms with Crippen molar-refractivity contribution in [1.82, 2.24) is 0 Å². The Morgan fingerprint density at radius 3 is 0.946 bits per heavy atom. The molecule has 0 aliphatic heterocycles. The number of benzene rings is 5. The Morgan fingerprint density at radius 1 is 0.286 bits per heavy atom. The van der Waals surface area contributed by atoms with Crippen molar-refractivity contribution in [3.8, 4) is 0 Å². The first kappa shape index (κ1) is 40.4. The maximum atomic E-state index is 6.56. The highest BCUT2D eigenvalue weighted by atomic mass is 16.3. The summed E-state index contributed by atoms with van der Waals surface area (Å²) in [5, 5.41) is 9.67. The van der Waals surface area contributed by atoms with E-state index in [9.17, 15) is 0 Å². The minimum atomic E-state index is 0.931. The average molecular weight is 751 g/mol. The SMILES string of the molecule is CCCCCCCCCCCCCCc1ccc2cc3c(cc2c1)oc1cc2c(cc13)oc1cc3cc(CCCCCCCCCCCCCC)ccc3cc12. The highest BCUT2D eigenvalue weighted by Gasteiger charge is 2.15. The number of aryl methyl sites for hydroxylation is 2. The molecule has 298 valence electrons. The Labute approximate surface area is 337 Å². The third-order valence-electron chi connectivity index (χ3n) is 12.7. The Bertz CT molecular complexity index is 2100. The van der Waals surface area contributed by atoms with Crippen LogP contribution in [0, 0.1) is 0 Å². The van der Waals surface area contributed by atoms with Crippen LogP contribution in [0.3, 0.4) is 0 Å². The number of unbranched alkanes of at least 4 members (excludes halogenated alkanes) is 22. The summed E-state index contributed by atoms with van der Waals surface area (Å²) in [7, 11) is 0. The van der Waals surface area contributed by atoms with Gasteiger partial charge in [-0.1, -0.05) is 192 Å². The number of hydrogen-bond acceptors (Lipinski definition) is 2. The molecule has 7 rings (SSSR count). The van der Waals surface area contributed by atoms with Crippen LogP contribution in [0.15, 0.2) is 81.6 Å². The third kappa shape index (κ3) is 10.8. The van der Waals surface area contributed by atoms with Crippen LogP contribution in [0.25, 0.3) is 65.4 Å². The van der Waals surface area contributed by atoms with Crippen LogP contribution in [0.1, 0.15) is 179 Å². The fourth-order valence-electron chi connectivity index (χ4n) is 9.28. The van der Waals surface area contributed by atoms with Gasteiger partial charge in [0, 0.05) is 21.5 Å². The van der Waals surface area contributed by atoms with E-state index in [1.165, 1.54) is 187 Å². The van der Waals surface area contributed by atoms with Crippen molar-refractivity contribution in [3.05, 3.63) is 83.9 Å². The van der Waals surface area contributed by atoms with Crippen molar-refractivity contribution in [2.45, 2.75) is 181 Å². The lowest BCUT2D eigenvalue weighted by Gasteiger charge is -2.05. The Morgan fingerprint density at radius 2 is 0.589 bits per heavy atom. The number of fused-ring (bicyclic) bond motifs is 8. The zero-order chi connectivity index (χ0) is 38.4. The molecule has 0 aliphatic carbocycles. The van der Waals surface area contributed by atoms with Gasteiger partial charge in [0.25, 0.3) is 0 Å². The summed E-state index contributed by atoms with van der Waals surface area (Å²) in [6.07, 6.45) is 35.7. The molecule has 0 fully saturated rings. The molecule has 7 aromatic rings. The van der Waals surface area contributed by atoms with Crippen molar-refractivity contribution < 1.29 is 8.83 Å². The fraction of sp³-hybridized carbons (Fsp3) is 0.519. The first-order valence-corrected chi connectivity index (χ1v) is 23.4. The van der Waals surface area contributed by atoms with E-state index in [0.717, 1.165) is 56.7 Å². The quantitative estimate of drug-likeness (QED) is 0.0515. The summed E-state index contributed by atoms with van der Waals surface area (Å²) >= 11 is 0. The van der Waals surface area contributed by atoms with Crippen molar-refractivity contribution >= 4 is 65.4 Å². The average Bonchev–Trinajstić information content (AvgIpc) is 3.74. The van der Waals surface area contributed by atoms with E-state index in [4.69, 9.17) is 8.83 Å². The molecule has 5 aromatic carbocycles. The maximum absolute atomic E-state index is 6.56. The van der Waals surface area contributed by atoms with Crippen LogP contribution in [-0.2, 0) is 12.8 Å². The van der Waals surface area contributed by atoms with Gasteiger partial charge in [0.15, 0.2) is 0 Å². The van der Waals surface area contributed by atoms with E-state index in [-0.39, 0.29) is 0 Å². The van der Waals surface area contributed by atoms with E-state index >= 15 is 0 Å². The molecule has 0 unspecified atom stereocenters. The Kier molecular flexibility index (Phi) is 15.2. The summed E-state index contributed by atoms with van der Waals surface area (Å²) in [5.41, 5.74) is 6.65. The molecule has 56 heavy (non-hydrogen) atoms. The third-order valence-corrected chi connectivity index (χ3v) is 12.7. The molecule has 0 atom stereocenters. The number of rotatable bonds is 26. The summed E-state index contributed by atoms with van der Waals surface area (Å²) in [5.74, 6) is 0. The van der Waals surface area contributed by atoms with Gasteiger partial charge in [0.2, 0.25) is 0 Å². The van der Waals surface area contributed by atoms with Gasteiger partial charge < -0.3 is 8.83 Å². The van der Waals surface area contributed by atoms with Crippen LogP contribution in [0.5, 0.6) is 0 Å². The van der Waals surface area contributed by atoms with E-state index in [1.54, 1.807) is 0 Å². The second-order valence-electron chi connectivity index (χ2n) is 17.4. The fourth-order valence-corrected chi connectivity index (χ4v) is 9.28. The summed E-state index contributed by atoms with van der Waals surface area (Å²) in [6, 6.07) is 27.6. The topological polar surface area (TPSA) is 26.3 Å². The van der Waals surface area contributed by atoms with Gasteiger partial charge in [-0.3, -0.25) is 0 Å². The highest BCUT2D eigenvalue weighted by molar-refractivity contribution is 6.18. The van der Waals surface area contributed by atoms with Gasteiger partial charge in [-0.25, -0.2) is 0 Å². The molecular weight excluding hydrogens is 681 g/mol. The van der Waals surface area contributed by atoms with Gasteiger partial charge >= 0.3 is 0 Å². The van der Waals surface area contributed by atoms with Crippen LogP contribution in [0.4, 0.5) is 0 Å². The lowest BCUT2D eigenvalue weighted by Crippen LogP contribution is -1.87. The molecule has 2 aromatic heterocycles. The van der Waals surface area contributed by atoms with Gasteiger partial charge in [0.1, 0.15) is 22.3 Å². The van der Waals surface area contributed by atoms with Crippen LogP contribution in [0.2, 0.25) is 0 Å². The predicted molar refractivity (Wildman–Crippen MR) is 246 cm³/mol. The summed E-state index contributed by atoms with van der Waals surface area (Å²) in [6.45, 7) is 4.59. The molecule has 0 aliphatic rings. The largest absolute Gasteiger partial charge is 0.456 e. The van der Waals surface area contributed by atoms with Crippen molar-refractivity contribution in [2.24, 2.45) is 0 Å². The van der Waals surface area contributed by atoms with Gasteiger partial charge in [-0.2, -0.15) is 0 Å². The van der Waals surface area contributed by atoms with E-state index < -0.39 is 0 Å². The zero-order valence-electron chi connectivity index (χ0n) is 35.1. The Balaban J connectivity index is 0.925. The standard InChI is InChI=1S/C54H70O2/c1-3-5-7-9-11-13-15-17-19-21-23-25-27-41-29-31-43-35-47-49-39-54-50(40-53(49)55-51(47)37-45(43)33-41)48-36-44-32-30-42(34-46(44)38-52(48)56-54)28-26-24-22-20-18-16-14-12-10-8-6-4-2/h29-40H,3-28H2,1-2H3. The number of hydrogen-bond donors (Lipinski definition) is 0.